The topological polar surface area (TPSA) is 50.2 Å². The normalized spacial score (nSPS) is 9.91. The van der Waals surface area contributed by atoms with Crippen molar-refractivity contribution in [2.24, 2.45) is 0 Å². The molecule has 1 N–H and O–H groups in total. The molecule has 0 saturated carbocycles. The van der Waals surface area contributed by atoms with Gasteiger partial charge in [-0.3, -0.25) is 4.79 Å². The lowest BCUT2D eigenvalue weighted by Crippen LogP contribution is -1.96. The molecule has 1 radical (unpaired) electrons. The molecule has 1 heterocycles. The van der Waals surface area contributed by atoms with Crippen LogP contribution in [0.2, 0.25) is 0 Å². The molecule has 1 rings (SSSR count). The first-order chi connectivity index (χ1) is 5.20. The van der Waals surface area contributed by atoms with Crippen molar-refractivity contribution in [3.63, 3.8) is 0 Å². The van der Waals surface area contributed by atoms with E-state index in [0.717, 1.165) is 10.6 Å². The Hall–Kier alpha value is -0.900. The number of hydrogen-bond donors (Lipinski definition) is 1. The monoisotopic (exact) mass is 170 g/mol. The second-order valence-corrected chi connectivity index (χ2v) is 3.09. The molecule has 0 atom stereocenters. The number of hydrogen-bond acceptors (Lipinski definition) is 3. The van der Waals surface area contributed by atoms with E-state index in [0.29, 0.717) is 6.42 Å². The van der Waals surface area contributed by atoms with Crippen LogP contribution < -0.4 is 0 Å². The summed E-state index contributed by atoms with van der Waals surface area (Å²) in [5, 5.41) is 8.38. The second kappa shape index (κ2) is 3.48. The zero-order valence-corrected chi connectivity index (χ0v) is 6.94. The molecular weight excluding hydrogens is 162 g/mol. The minimum atomic E-state index is -0.766. The number of carbonyl (C=O) groups is 1. The van der Waals surface area contributed by atoms with Crippen molar-refractivity contribution in [3.05, 3.63) is 16.1 Å². The van der Waals surface area contributed by atoms with Crippen molar-refractivity contribution < 1.29 is 9.90 Å². The lowest BCUT2D eigenvalue weighted by atomic mass is 10.2. The fraction of sp³-hybridized carbons (Fsp3) is 0.429. The molecule has 11 heavy (non-hydrogen) atoms. The number of thiazole rings is 1. The van der Waals surface area contributed by atoms with E-state index in [1.165, 1.54) is 11.3 Å². The maximum atomic E-state index is 10.2. The highest BCUT2D eigenvalue weighted by Gasteiger charge is 2.03. The summed E-state index contributed by atoms with van der Waals surface area (Å²) in [5.74, 6) is -0.766. The molecule has 0 aliphatic rings. The van der Waals surface area contributed by atoms with Crippen LogP contribution in [-0.2, 0) is 11.2 Å². The molecule has 0 aliphatic heterocycles. The molecule has 0 amide bonds. The van der Waals surface area contributed by atoms with E-state index in [1.54, 1.807) is 0 Å². The Balaban J connectivity index is 2.51. The fourth-order valence-corrected chi connectivity index (χ4v) is 1.43. The Morgan fingerprint density at radius 2 is 2.55 bits per heavy atom. The number of carboxylic acids is 1. The third kappa shape index (κ3) is 2.31. The van der Waals surface area contributed by atoms with Gasteiger partial charge in [0.25, 0.3) is 0 Å². The number of aryl methyl sites for hydroxylation is 2. The molecule has 0 saturated heterocycles. The molecule has 1 aromatic heterocycles. The van der Waals surface area contributed by atoms with E-state index < -0.39 is 5.97 Å². The van der Waals surface area contributed by atoms with Crippen molar-refractivity contribution in [2.75, 3.05) is 0 Å². The molecule has 0 unspecified atom stereocenters. The summed E-state index contributed by atoms with van der Waals surface area (Å²) in [6, 6.07) is 0. The first kappa shape index (κ1) is 8.20. The fourth-order valence-electron chi connectivity index (χ4n) is 0.735. The zero-order chi connectivity index (χ0) is 8.27. The van der Waals surface area contributed by atoms with Crippen molar-refractivity contribution >= 4 is 17.3 Å². The zero-order valence-electron chi connectivity index (χ0n) is 6.13. The predicted molar refractivity (Wildman–Crippen MR) is 41.6 cm³/mol. The Morgan fingerprint density at radius 3 is 3.00 bits per heavy atom. The highest BCUT2D eigenvalue weighted by atomic mass is 32.1. The van der Waals surface area contributed by atoms with Gasteiger partial charge >= 0.3 is 5.97 Å². The summed E-state index contributed by atoms with van der Waals surface area (Å²) in [7, 11) is 0. The summed E-state index contributed by atoms with van der Waals surface area (Å²) >= 11 is 1.39. The van der Waals surface area contributed by atoms with Crippen LogP contribution in [0.15, 0.2) is 0 Å². The van der Waals surface area contributed by atoms with Gasteiger partial charge in [0.05, 0.1) is 12.1 Å². The van der Waals surface area contributed by atoms with Gasteiger partial charge in [-0.25, -0.2) is 4.98 Å². The van der Waals surface area contributed by atoms with Gasteiger partial charge in [0.1, 0.15) is 0 Å². The predicted octanol–water partition coefficient (Wildman–Crippen LogP) is 1.27. The summed E-state index contributed by atoms with van der Waals surface area (Å²) in [6.45, 7) is 1.87. The summed E-state index contributed by atoms with van der Waals surface area (Å²) in [4.78, 5) is 15.1. The Labute approximate surface area is 68.7 Å². The minimum absolute atomic E-state index is 0.177. The second-order valence-electron chi connectivity index (χ2n) is 2.21. The average molecular weight is 170 g/mol. The van der Waals surface area contributed by atoms with E-state index in [-0.39, 0.29) is 6.42 Å². The van der Waals surface area contributed by atoms with Crippen molar-refractivity contribution in [1.82, 2.24) is 4.98 Å². The smallest absolute Gasteiger partial charge is 0.303 e. The van der Waals surface area contributed by atoms with Crippen LogP contribution in [0.25, 0.3) is 0 Å². The summed E-state index contributed by atoms with van der Waals surface area (Å²) < 4.78 is 0. The third-order valence-corrected chi connectivity index (χ3v) is 2.28. The van der Waals surface area contributed by atoms with Crippen LogP contribution in [0.4, 0.5) is 0 Å². The first-order valence-electron chi connectivity index (χ1n) is 3.24. The van der Waals surface area contributed by atoms with Crippen LogP contribution in [0.5, 0.6) is 0 Å². The van der Waals surface area contributed by atoms with Crippen molar-refractivity contribution in [3.8, 4) is 0 Å². The number of aromatic nitrogens is 1. The van der Waals surface area contributed by atoms with Gasteiger partial charge in [0, 0.05) is 4.88 Å². The van der Waals surface area contributed by atoms with Gasteiger partial charge in [-0.1, -0.05) is 0 Å². The highest BCUT2D eigenvalue weighted by molar-refractivity contribution is 7.09. The van der Waals surface area contributed by atoms with Gasteiger partial charge in [0.15, 0.2) is 5.51 Å². The molecule has 0 aliphatic carbocycles. The van der Waals surface area contributed by atoms with Crippen molar-refractivity contribution in [1.29, 1.82) is 0 Å². The van der Waals surface area contributed by atoms with Crippen LogP contribution in [0, 0.1) is 12.4 Å². The maximum Gasteiger partial charge on any atom is 0.303 e. The van der Waals surface area contributed by atoms with E-state index in [4.69, 9.17) is 5.11 Å². The molecular formula is C7H8NO2S. The molecule has 1 aromatic rings. The van der Waals surface area contributed by atoms with Gasteiger partial charge in [-0.2, -0.15) is 0 Å². The van der Waals surface area contributed by atoms with Gasteiger partial charge in [-0.15, -0.1) is 11.3 Å². The van der Waals surface area contributed by atoms with E-state index >= 15 is 0 Å². The van der Waals surface area contributed by atoms with E-state index in [9.17, 15) is 4.79 Å². The van der Waals surface area contributed by atoms with Crippen LogP contribution in [0.3, 0.4) is 0 Å². The Bertz CT molecular complexity index is 257. The molecule has 0 bridgehead atoms. The largest absolute Gasteiger partial charge is 0.481 e. The maximum absolute atomic E-state index is 10.2. The Kier molecular flexibility index (Phi) is 2.59. The van der Waals surface area contributed by atoms with Gasteiger partial charge in [-0.05, 0) is 13.3 Å². The molecule has 0 spiro atoms. The average Bonchev–Trinajstić information content (AvgIpc) is 2.31. The number of carboxylic acid groups (broad SMARTS) is 1. The molecule has 4 heteroatoms. The molecule has 3 nitrogen and oxygen atoms in total. The minimum Gasteiger partial charge on any atom is -0.481 e. The van der Waals surface area contributed by atoms with Crippen LogP contribution >= 0.6 is 11.3 Å². The molecule has 0 fully saturated rings. The lowest BCUT2D eigenvalue weighted by molar-refractivity contribution is -0.136. The SMILES string of the molecule is Cc1n[c]sc1CCC(=O)O. The number of rotatable bonds is 3. The Morgan fingerprint density at radius 1 is 1.82 bits per heavy atom. The van der Waals surface area contributed by atoms with Crippen LogP contribution in [-0.4, -0.2) is 16.1 Å². The number of nitrogens with zero attached hydrogens (tertiary/aromatic N) is 1. The van der Waals surface area contributed by atoms with Gasteiger partial charge in [0.2, 0.25) is 0 Å². The summed E-state index contributed by atoms with van der Waals surface area (Å²) in [5.41, 5.74) is 3.62. The quantitative estimate of drug-likeness (QED) is 0.743. The van der Waals surface area contributed by atoms with E-state index in [1.807, 2.05) is 6.92 Å². The molecule has 0 aromatic carbocycles. The first-order valence-corrected chi connectivity index (χ1v) is 4.06. The highest BCUT2D eigenvalue weighted by Crippen LogP contribution is 2.13. The summed E-state index contributed by atoms with van der Waals surface area (Å²) in [6.07, 6.45) is 0.749. The van der Waals surface area contributed by atoms with Crippen LogP contribution in [0.1, 0.15) is 17.0 Å². The van der Waals surface area contributed by atoms with Gasteiger partial charge < -0.3 is 5.11 Å². The lowest BCUT2D eigenvalue weighted by Gasteiger charge is -1.92. The molecule has 59 valence electrons. The number of aliphatic carboxylic acids is 1. The standard InChI is InChI=1S/C7H8NO2S/c1-5-6(11-4-8-5)2-3-7(9)10/h2-3H2,1H3,(H,9,10). The van der Waals surface area contributed by atoms with Crippen molar-refractivity contribution in [2.45, 2.75) is 19.8 Å². The third-order valence-electron chi connectivity index (χ3n) is 1.35. The van der Waals surface area contributed by atoms with E-state index in [2.05, 4.69) is 10.5 Å².